The van der Waals surface area contributed by atoms with Crippen molar-refractivity contribution in [3.05, 3.63) is 118 Å². The van der Waals surface area contributed by atoms with Crippen LogP contribution in [0.15, 0.2) is 83.3 Å². The molecule has 2 heterocycles. The average molecular weight is 552 g/mol. The van der Waals surface area contributed by atoms with Gasteiger partial charge in [0.05, 0.1) is 47.7 Å². The number of hydrogen-bond donors (Lipinski definition) is 2. The number of nitrogens with zero attached hydrogens (tertiary/aromatic N) is 4. The van der Waals surface area contributed by atoms with Gasteiger partial charge < -0.3 is 15.6 Å². The number of alkyl halides is 2. The Hall–Kier alpha value is -4.58. The van der Waals surface area contributed by atoms with Crippen molar-refractivity contribution in [3.8, 4) is 6.07 Å². The summed E-state index contributed by atoms with van der Waals surface area (Å²) < 4.78 is 28.5. The molecule has 7 nitrogen and oxygen atoms in total. The molecule has 0 fully saturated rings. The molecule has 9 heteroatoms. The largest absolute Gasteiger partial charge is 0.364 e. The zero-order valence-corrected chi connectivity index (χ0v) is 22.7. The topological polar surface area (TPSA) is 97.8 Å². The summed E-state index contributed by atoms with van der Waals surface area (Å²) in [5.74, 6) is -0.261. The number of carbonyl (C=O) groups is 1. The Morgan fingerprint density at radius 3 is 2.93 bits per heavy atom. The van der Waals surface area contributed by atoms with E-state index in [-0.39, 0.29) is 18.0 Å². The van der Waals surface area contributed by atoms with Crippen molar-refractivity contribution in [2.24, 2.45) is 0 Å². The van der Waals surface area contributed by atoms with Crippen molar-refractivity contribution in [2.45, 2.75) is 44.7 Å². The van der Waals surface area contributed by atoms with Crippen LogP contribution in [0.5, 0.6) is 0 Å². The third-order valence-corrected chi connectivity index (χ3v) is 8.19. The molecule has 1 aromatic carbocycles. The number of hydrogen-bond acceptors (Lipinski definition) is 5. The summed E-state index contributed by atoms with van der Waals surface area (Å²) in [5, 5.41) is 25.3. The molecular formula is C32H29F2N6O. The number of halogens is 2. The van der Waals surface area contributed by atoms with Gasteiger partial charge >= 0.3 is 0 Å². The van der Waals surface area contributed by atoms with Crippen LogP contribution in [0.25, 0.3) is 0 Å². The van der Waals surface area contributed by atoms with E-state index in [0.717, 1.165) is 23.2 Å². The van der Waals surface area contributed by atoms with Gasteiger partial charge in [0.15, 0.2) is 0 Å². The number of benzene rings is 1. The van der Waals surface area contributed by atoms with Gasteiger partial charge in [0.25, 0.3) is 12.3 Å². The molecule has 3 aliphatic carbocycles. The fraction of sp³-hybridized carbons (Fsp3) is 0.281. The molecule has 0 spiro atoms. The third-order valence-electron chi connectivity index (χ3n) is 8.19. The van der Waals surface area contributed by atoms with Gasteiger partial charge in [0, 0.05) is 36.3 Å². The molecule has 41 heavy (non-hydrogen) atoms. The average Bonchev–Trinajstić information content (AvgIpc) is 3.55. The zero-order valence-electron chi connectivity index (χ0n) is 22.7. The molecule has 2 aromatic rings. The lowest BCUT2D eigenvalue weighted by atomic mass is 9.77. The van der Waals surface area contributed by atoms with Crippen molar-refractivity contribution in [1.82, 2.24) is 20.0 Å². The molecule has 0 unspecified atom stereocenters. The highest BCUT2D eigenvalue weighted by Gasteiger charge is 2.39. The minimum Gasteiger partial charge on any atom is -0.364 e. The van der Waals surface area contributed by atoms with Gasteiger partial charge in [-0.2, -0.15) is 10.4 Å². The van der Waals surface area contributed by atoms with Gasteiger partial charge in [-0.1, -0.05) is 23.8 Å². The molecule has 1 amide bonds. The number of carbonyl (C=O) groups excluding carboxylic acids is 1. The second-order valence-electron chi connectivity index (χ2n) is 11.1. The highest BCUT2D eigenvalue weighted by Crippen LogP contribution is 2.47. The summed E-state index contributed by atoms with van der Waals surface area (Å²) in [7, 11) is 0. The summed E-state index contributed by atoms with van der Waals surface area (Å²) >= 11 is 0. The minimum absolute atomic E-state index is 0.0534. The first kappa shape index (κ1) is 26.6. The number of aromatic nitrogens is 2. The Labute approximate surface area is 237 Å². The van der Waals surface area contributed by atoms with Gasteiger partial charge in [0.2, 0.25) is 0 Å². The predicted octanol–water partition coefficient (Wildman–Crippen LogP) is 5.26. The number of amides is 1. The first-order chi connectivity index (χ1) is 19.6. The van der Waals surface area contributed by atoms with Crippen LogP contribution in [0.3, 0.4) is 0 Å². The smallest absolute Gasteiger partial charge is 0.267 e. The summed E-state index contributed by atoms with van der Waals surface area (Å²) in [6.45, 7) is 7.58. The lowest BCUT2D eigenvalue weighted by molar-refractivity contribution is 0.0957. The van der Waals surface area contributed by atoms with E-state index in [9.17, 15) is 18.8 Å². The molecule has 2 N–H and O–H groups in total. The van der Waals surface area contributed by atoms with Crippen molar-refractivity contribution in [1.29, 1.82) is 10.7 Å². The van der Waals surface area contributed by atoms with Gasteiger partial charge in [-0.05, 0) is 72.9 Å². The second-order valence-corrected chi connectivity index (χ2v) is 11.1. The molecule has 4 aliphatic rings. The maximum Gasteiger partial charge on any atom is 0.267 e. The monoisotopic (exact) mass is 551 g/mol. The molecule has 0 saturated carbocycles. The van der Waals surface area contributed by atoms with Crippen molar-refractivity contribution in [3.63, 3.8) is 0 Å². The lowest BCUT2D eigenvalue weighted by Gasteiger charge is -2.32. The standard InChI is InChI=1S/C32H29F2N6O/c1-19(15-37-31(41)21-4-3-20-10-22-11-24(22)14-32(2,18-35)27(20)13-21)9-23-12-25(5-6-28(23)36)39-7-8-40-29(17-39)26(16-38-40)30(33)34/h3-6,9,11-13,16,30,36H,1,7-8,10,14-15,17H2,2H3,(H,37,41)/b23-9-,36-28?/t32-/m0/s1. The summed E-state index contributed by atoms with van der Waals surface area (Å²) in [4.78, 5) is 15.1. The van der Waals surface area contributed by atoms with Gasteiger partial charge in [-0.25, -0.2) is 8.78 Å². The predicted molar refractivity (Wildman–Crippen MR) is 151 cm³/mol. The Bertz CT molecular complexity index is 1670. The van der Waals surface area contributed by atoms with E-state index in [4.69, 9.17) is 5.41 Å². The van der Waals surface area contributed by atoms with Crippen molar-refractivity contribution in [2.75, 3.05) is 13.1 Å². The minimum atomic E-state index is -2.58. The fourth-order valence-electron chi connectivity index (χ4n) is 5.77. The van der Waals surface area contributed by atoms with E-state index < -0.39 is 11.8 Å². The zero-order chi connectivity index (χ0) is 28.9. The number of nitriles is 1. The van der Waals surface area contributed by atoms with Crippen LogP contribution in [-0.4, -0.2) is 39.4 Å². The van der Waals surface area contributed by atoms with Crippen molar-refractivity contribution < 1.29 is 13.6 Å². The van der Waals surface area contributed by atoms with Crippen LogP contribution in [0.4, 0.5) is 8.78 Å². The first-order valence-corrected chi connectivity index (χ1v) is 13.5. The van der Waals surface area contributed by atoms with E-state index >= 15 is 0 Å². The third kappa shape index (κ3) is 5.06. The fourth-order valence-corrected chi connectivity index (χ4v) is 5.77. The van der Waals surface area contributed by atoms with Crippen LogP contribution >= 0.6 is 0 Å². The molecule has 1 aliphatic heterocycles. The van der Waals surface area contributed by atoms with Crippen LogP contribution in [-0.2, 0) is 24.9 Å². The van der Waals surface area contributed by atoms with E-state index in [0.29, 0.717) is 54.2 Å². The maximum atomic E-state index is 13.4. The van der Waals surface area contributed by atoms with E-state index in [2.05, 4.69) is 29.5 Å². The van der Waals surface area contributed by atoms with Gasteiger partial charge in [-0.3, -0.25) is 9.48 Å². The molecule has 1 radical (unpaired) electrons. The molecule has 6 rings (SSSR count). The molecule has 0 saturated heterocycles. The summed E-state index contributed by atoms with van der Waals surface area (Å²) in [6, 6.07) is 8.03. The van der Waals surface area contributed by atoms with Crippen LogP contribution in [0.2, 0.25) is 0 Å². The van der Waals surface area contributed by atoms with E-state index in [1.54, 1.807) is 22.9 Å². The molecule has 207 valence electrons. The molecule has 1 atom stereocenters. The van der Waals surface area contributed by atoms with Gasteiger partial charge in [-0.15, -0.1) is 0 Å². The number of allylic oxidation sites excluding steroid dienone is 6. The maximum absolute atomic E-state index is 13.4. The van der Waals surface area contributed by atoms with Gasteiger partial charge in [0.1, 0.15) is 0 Å². The van der Waals surface area contributed by atoms with E-state index in [1.807, 2.05) is 36.1 Å². The Morgan fingerprint density at radius 1 is 1.32 bits per heavy atom. The number of fused-ring (bicyclic) bond motifs is 2. The Morgan fingerprint density at radius 2 is 2.15 bits per heavy atom. The molecule has 1 aromatic heterocycles. The summed E-state index contributed by atoms with van der Waals surface area (Å²) in [5.41, 5.74) is 7.10. The quantitative estimate of drug-likeness (QED) is 0.512. The van der Waals surface area contributed by atoms with Crippen LogP contribution in [0, 0.1) is 23.2 Å². The summed E-state index contributed by atoms with van der Waals surface area (Å²) in [6.07, 6.45) is 9.33. The highest BCUT2D eigenvalue weighted by molar-refractivity contribution is 6.10. The Balaban J connectivity index is 1.13. The van der Waals surface area contributed by atoms with E-state index in [1.165, 1.54) is 17.3 Å². The highest BCUT2D eigenvalue weighted by atomic mass is 19.3. The normalized spacial score (nSPS) is 22.0. The Kier molecular flexibility index (Phi) is 6.57. The number of rotatable bonds is 6. The SMILES string of the molecule is C=C(/C=C1/C=C(N2CCn3ncc(C(F)F)c3C2)C=CC1=N)CNC(=O)c1ccc2c(c1)[C@](C)(C#N)CC1=C([CH]1)C2. The second kappa shape index (κ2) is 10.1. The van der Waals surface area contributed by atoms with Crippen molar-refractivity contribution >= 4 is 11.6 Å². The number of nitrogens with one attached hydrogen (secondary N) is 2. The molecular weight excluding hydrogens is 522 g/mol. The molecule has 0 bridgehead atoms. The van der Waals surface area contributed by atoms with Crippen LogP contribution < -0.4 is 5.32 Å². The van der Waals surface area contributed by atoms with Crippen LogP contribution in [0.1, 0.15) is 52.5 Å². The first-order valence-electron chi connectivity index (χ1n) is 13.5. The lowest BCUT2D eigenvalue weighted by Crippen LogP contribution is -2.34.